The van der Waals surface area contributed by atoms with Gasteiger partial charge in [0.1, 0.15) is 11.6 Å². The van der Waals surface area contributed by atoms with Gasteiger partial charge < -0.3 is 15.2 Å². The highest BCUT2D eigenvalue weighted by atomic mass is 19.1. The summed E-state index contributed by atoms with van der Waals surface area (Å²) in [4.78, 5) is 0. The third-order valence-corrected chi connectivity index (χ3v) is 2.99. The van der Waals surface area contributed by atoms with Crippen molar-refractivity contribution in [2.75, 3.05) is 19.8 Å². The standard InChI is InChI=1S/C13H17F2NO2/c14-9-3-4-11(12(15)6-9)13(16)8-17-7-10-2-1-5-18-10/h3-4,6,10,13H,1-2,5,7-8,16H2. The van der Waals surface area contributed by atoms with Gasteiger partial charge in [0.2, 0.25) is 0 Å². The Hall–Kier alpha value is -1.04. The molecule has 1 aliphatic heterocycles. The van der Waals surface area contributed by atoms with Gasteiger partial charge in [0.05, 0.1) is 25.4 Å². The van der Waals surface area contributed by atoms with Crippen molar-refractivity contribution in [3.8, 4) is 0 Å². The topological polar surface area (TPSA) is 44.5 Å². The van der Waals surface area contributed by atoms with E-state index in [0.717, 1.165) is 25.5 Å². The lowest BCUT2D eigenvalue weighted by atomic mass is 10.1. The van der Waals surface area contributed by atoms with Gasteiger partial charge in [0, 0.05) is 18.2 Å². The summed E-state index contributed by atoms with van der Waals surface area (Å²) in [6.07, 6.45) is 2.16. The molecule has 1 aromatic rings. The zero-order valence-corrected chi connectivity index (χ0v) is 10.1. The highest BCUT2D eigenvalue weighted by molar-refractivity contribution is 5.21. The van der Waals surface area contributed by atoms with Crippen molar-refractivity contribution >= 4 is 0 Å². The summed E-state index contributed by atoms with van der Waals surface area (Å²) in [5, 5.41) is 0. The zero-order chi connectivity index (χ0) is 13.0. The van der Waals surface area contributed by atoms with E-state index < -0.39 is 17.7 Å². The van der Waals surface area contributed by atoms with E-state index in [9.17, 15) is 8.78 Å². The average molecular weight is 257 g/mol. The Bertz CT molecular complexity index is 395. The van der Waals surface area contributed by atoms with Crippen LogP contribution in [0.3, 0.4) is 0 Å². The molecule has 2 N–H and O–H groups in total. The Labute approximate surface area is 105 Å². The monoisotopic (exact) mass is 257 g/mol. The number of benzene rings is 1. The molecule has 0 aromatic heterocycles. The lowest BCUT2D eigenvalue weighted by Crippen LogP contribution is -2.22. The van der Waals surface area contributed by atoms with E-state index in [2.05, 4.69) is 0 Å². The summed E-state index contributed by atoms with van der Waals surface area (Å²) in [5.74, 6) is -1.24. The quantitative estimate of drug-likeness (QED) is 0.879. The molecule has 0 bridgehead atoms. The van der Waals surface area contributed by atoms with Crippen molar-refractivity contribution in [1.29, 1.82) is 0 Å². The Morgan fingerprint density at radius 1 is 1.44 bits per heavy atom. The van der Waals surface area contributed by atoms with Crippen LogP contribution in [0.1, 0.15) is 24.4 Å². The highest BCUT2D eigenvalue weighted by Gasteiger charge is 2.17. The van der Waals surface area contributed by atoms with E-state index >= 15 is 0 Å². The molecule has 3 nitrogen and oxygen atoms in total. The van der Waals surface area contributed by atoms with Crippen LogP contribution >= 0.6 is 0 Å². The minimum Gasteiger partial charge on any atom is -0.377 e. The van der Waals surface area contributed by atoms with Crippen LogP contribution in [0.2, 0.25) is 0 Å². The van der Waals surface area contributed by atoms with Gasteiger partial charge in [-0.2, -0.15) is 0 Å². The minimum absolute atomic E-state index is 0.121. The molecule has 100 valence electrons. The second-order valence-electron chi connectivity index (χ2n) is 4.44. The molecule has 0 saturated carbocycles. The molecule has 18 heavy (non-hydrogen) atoms. The maximum atomic E-state index is 13.4. The Balaban J connectivity index is 1.81. The first-order chi connectivity index (χ1) is 8.66. The van der Waals surface area contributed by atoms with Crippen LogP contribution in [0, 0.1) is 11.6 Å². The van der Waals surface area contributed by atoms with Gasteiger partial charge in [-0.3, -0.25) is 0 Å². The van der Waals surface area contributed by atoms with Crippen LogP contribution in [0.25, 0.3) is 0 Å². The molecule has 0 amide bonds. The zero-order valence-electron chi connectivity index (χ0n) is 10.1. The van der Waals surface area contributed by atoms with Crippen molar-refractivity contribution in [2.24, 2.45) is 5.73 Å². The first-order valence-corrected chi connectivity index (χ1v) is 6.06. The second-order valence-corrected chi connectivity index (χ2v) is 4.44. The van der Waals surface area contributed by atoms with Crippen molar-refractivity contribution in [3.63, 3.8) is 0 Å². The van der Waals surface area contributed by atoms with E-state index in [1.54, 1.807) is 0 Å². The van der Waals surface area contributed by atoms with Crippen molar-refractivity contribution < 1.29 is 18.3 Å². The molecule has 0 radical (unpaired) electrons. The van der Waals surface area contributed by atoms with Crippen LogP contribution in [-0.4, -0.2) is 25.9 Å². The van der Waals surface area contributed by atoms with Crippen LogP contribution in [0.15, 0.2) is 18.2 Å². The summed E-state index contributed by atoms with van der Waals surface area (Å²) < 4.78 is 37.0. The number of nitrogens with two attached hydrogens (primary N) is 1. The first-order valence-electron chi connectivity index (χ1n) is 6.06. The average Bonchev–Trinajstić information content (AvgIpc) is 2.81. The van der Waals surface area contributed by atoms with Gasteiger partial charge in [-0.1, -0.05) is 6.07 Å². The molecule has 1 saturated heterocycles. The third-order valence-electron chi connectivity index (χ3n) is 2.99. The normalized spacial score (nSPS) is 21.2. The van der Waals surface area contributed by atoms with Gasteiger partial charge in [-0.05, 0) is 18.9 Å². The molecule has 1 aromatic carbocycles. The molecule has 0 spiro atoms. The fraction of sp³-hybridized carbons (Fsp3) is 0.538. The number of hydrogen-bond acceptors (Lipinski definition) is 3. The first kappa shape index (κ1) is 13.4. The van der Waals surface area contributed by atoms with Crippen LogP contribution in [-0.2, 0) is 9.47 Å². The number of hydrogen-bond donors (Lipinski definition) is 1. The van der Waals surface area contributed by atoms with Crippen LogP contribution in [0.5, 0.6) is 0 Å². The smallest absolute Gasteiger partial charge is 0.130 e. The lowest BCUT2D eigenvalue weighted by molar-refractivity contribution is 0.0127. The van der Waals surface area contributed by atoms with Gasteiger partial charge in [-0.15, -0.1) is 0 Å². The molecule has 5 heteroatoms. The predicted molar refractivity (Wildman–Crippen MR) is 63.1 cm³/mol. The Morgan fingerprint density at radius 3 is 2.94 bits per heavy atom. The van der Waals surface area contributed by atoms with Gasteiger partial charge in [0.25, 0.3) is 0 Å². The van der Waals surface area contributed by atoms with Crippen molar-refractivity contribution in [1.82, 2.24) is 0 Å². The van der Waals surface area contributed by atoms with Crippen molar-refractivity contribution in [2.45, 2.75) is 25.0 Å². The molecule has 2 unspecified atom stereocenters. The number of rotatable bonds is 5. The third kappa shape index (κ3) is 3.48. The molecule has 1 aliphatic rings. The molecule has 0 aliphatic carbocycles. The maximum absolute atomic E-state index is 13.4. The molecule has 2 atom stereocenters. The minimum atomic E-state index is -0.636. The summed E-state index contributed by atoms with van der Waals surface area (Å²) >= 11 is 0. The largest absolute Gasteiger partial charge is 0.377 e. The maximum Gasteiger partial charge on any atom is 0.130 e. The summed E-state index contributed by atoms with van der Waals surface area (Å²) in [6, 6.07) is 2.78. The van der Waals surface area contributed by atoms with E-state index in [1.807, 2.05) is 0 Å². The van der Waals surface area contributed by atoms with E-state index in [1.165, 1.54) is 12.1 Å². The summed E-state index contributed by atoms with van der Waals surface area (Å²) in [6.45, 7) is 1.44. The van der Waals surface area contributed by atoms with Gasteiger partial charge >= 0.3 is 0 Å². The van der Waals surface area contributed by atoms with Gasteiger partial charge in [0.15, 0.2) is 0 Å². The molecule has 1 fully saturated rings. The molecule has 1 heterocycles. The number of halogens is 2. The highest BCUT2D eigenvalue weighted by Crippen LogP contribution is 2.17. The molecular weight excluding hydrogens is 240 g/mol. The lowest BCUT2D eigenvalue weighted by Gasteiger charge is -2.15. The number of ether oxygens (including phenoxy) is 2. The Morgan fingerprint density at radius 2 is 2.28 bits per heavy atom. The fourth-order valence-corrected chi connectivity index (χ4v) is 1.99. The van der Waals surface area contributed by atoms with Gasteiger partial charge in [-0.25, -0.2) is 8.78 Å². The van der Waals surface area contributed by atoms with E-state index in [4.69, 9.17) is 15.2 Å². The fourth-order valence-electron chi connectivity index (χ4n) is 1.99. The van der Waals surface area contributed by atoms with E-state index in [0.29, 0.717) is 6.61 Å². The molecule has 2 rings (SSSR count). The van der Waals surface area contributed by atoms with E-state index in [-0.39, 0.29) is 18.3 Å². The Kier molecular flexibility index (Phi) is 4.63. The SMILES string of the molecule is NC(COCC1CCCO1)c1ccc(F)cc1F. The summed E-state index contributed by atoms with van der Waals surface area (Å²) in [5.41, 5.74) is 6.07. The second kappa shape index (κ2) is 6.22. The summed E-state index contributed by atoms with van der Waals surface area (Å²) in [7, 11) is 0. The van der Waals surface area contributed by atoms with Crippen molar-refractivity contribution in [3.05, 3.63) is 35.4 Å². The van der Waals surface area contributed by atoms with Crippen LogP contribution < -0.4 is 5.73 Å². The molecular formula is C13H17F2NO2. The predicted octanol–water partition coefficient (Wildman–Crippen LogP) is 2.16. The van der Waals surface area contributed by atoms with Crippen LogP contribution in [0.4, 0.5) is 8.78 Å².